The summed E-state index contributed by atoms with van der Waals surface area (Å²) in [5.74, 6) is 1.37. The van der Waals surface area contributed by atoms with Crippen LogP contribution in [0, 0.1) is 0 Å². The molecule has 0 bridgehead atoms. The van der Waals surface area contributed by atoms with Crippen LogP contribution in [0.4, 0.5) is 0 Å². The smallest absolute Gasteiger partial charge is 0.137 e. The molecule has 0 saturated heterocycles. The van der Waals surface area contributed by atoms with Gasteiger partial charge in [0.1, 0.15) is 12.2 Å². The van der Waals surface area contributed by atoms with Crippen molar-refractivity contribution < 1.29 is 0 Å². The van der Waals surface area contributed by atoms with Crippen LogP contribution in [0.15, 0.2) is 6.33 Å². The van der Waals surface area contributed by atoms with Crippen LogP contribution in [0.25, 0.3) is 0 Å². The standard InChI is InChI=1S/C7H12N4/c8-6-3-1-2-5(6)7-9-4-10-11-7/h4-6H,1-3,8H2,(H,9,10,11)/t5-,6+/m0/s1. The molecule has 1 fully saturated rings. The average Bonchev–Trinajstić information content (AvgIpc) is 2.55. The molecular formula is C7H12N4. The van der Waals surface area contributed by atoms with E-state index in [0.29, 0.717) is 5.92 Å². The quantitative estimate of drug-likeness (QED) is 0.612. The van der Waals surface area contributed by atoms with Crippen LogP contribution in [0.5, 0.6) is 0 Å². The molecule has 3 N–H and O–H groups in total. The lowest BCUT2D eigenvalue weighted by atomic mass is 10.0. The third kappa shape index (κ3) is 1.14. The van der Waals surface area contributed by atoms with Crippen molar-refractivity contribution in [3.8, 4) is 0 Å². The maximum Gasteiger partial charge on any atom is 0.137 e. The van der Waals surface area contributed by atoms with Gasteiger partial charge in [0.2, 0.25) is 0 Å². The fourth-order valence-corrected chi connectivity index (χ4v) is 1.72. The molecule has 4 nitrogen and oxygen atoms in total. The van der Waals surface area contributed by atoms with Crippen molar-refractivity contribution in [1.29, 1.82) is 0 Å². The molecule has 4 heteroatoms. The molecule has 2 atom stereocenters. The minimum absolute atomic E-state index is 0.281. The summed E-state index contributed by atoms with van der Waals surface area (Å²) in [6.07, 6.45) is 5.02. The molecule has 1 aliphatic carbocycles. The van der Waals surface area contributed by atoms with E-state index in [2.05, 4.69) is 15.2 Å². The minimum Gasteiger partial charge on any atom is -0.327 e. The highest BCUT2D eigenvalue weighted by molar-refractivity contribution is 5.01. The zero-order valence-corrected chi connectivity index (χ0v) is 6.33. The lowest BCUT2D eigenvalue weighted by Gasteiger charge is -2.10. The lowest BCUT2D eigenvalue weighted by molar-refractivity contribution is 0.583. The number of aromatic amines is 1. The predicted molar refractivity (Wildman–Crippen MR) is 41.0 cm³/mol. The van der Waals surface area contributed by atoms with Crippen LogP contribution in [0.1, 0.15) is 31.0 Å². The Hall–Kier alpha value is -0.900. The van der Waals surface area contributed by atoms with Gasteiger partial charge >= 0.3 is 0 Å². The number of H-pyrrole nitrogens is 1. The van der Waals surface area contributed by atoms with Crippen molar-refractivity contribution in [2.75, 3.05) is 0 Å². The Bertz CT molecular complexity index is 218. The summed E-state index contributed by atoms with van der Waals surface area (Å²) in [5, 5.41) is 6.68. The highest BCUT2D eigenvalue weighted by Crippen LogP contribution is 2.30. The first-order valence-electron chi connectivity index (χ1n) is 3.99. The summed E-state index contributed by atoms with van der Waals surface area (Å²) in [7, 11) is 0. The van der Waals surface area contributed by atoms with Crippen LogP contribution in [0.3, 0.4) is 0 Å². The second-order valence-electron chi connectivity index (χ2n) is 3.07. The molecule has 1 saturated carbocycles. The van der Waals surface area contributed by atoms with Crippen molar-refractivity contribution >= 4 is 0 Å². The molecule has 0 aliphatic heterocycles. The highest BCUT2D eigenvalue weighted by Gasteiger charge is 2.27. The van der Waals surface area contributed by atoms with E-state index in [-0.39, 0.29) is 6.04 Å². The van der Waals surface area contributed by atoms with E-state index < -0.39 is 0 Å². The Morgan fingerprint density at radius 2 is 2.45 bits per heavy atom. The molecule has 0 spiro atoms. The van der Waals surface area contributed by atoms with Crippen LogP contribution in [-0.2, 0) is 0 Å². The summed E-state index contributed by atoms with van der Waals surface area (Å²) in [6, 6.07) is 0.281. The molecule has 1 aromatic rings. The Balaban J connectivity index is 2.16. The third-order valence-corrected chi connectivity index (χ3v) is 2.35. The summed E-state index contributed by atoms with van der Waals surface area (Å²) < 4.78 is 0. The van der Waals surface area contributed by atoms with Gasteiger partial charge in [0.25, 0.3) is 0 Å². The number of hydrogen-bond donors (Lipinski definition) is 2. The summed E-state index contributed by atoms with van der Waals surface area (Å²) in [5.41, 5.74) is 5.88. The molecule has 0 radical (unpaired) electrons. The van der Waals surface area contributed by atoms with Crippen LogP contribution >= 0.6 is 0 Å². The topological polar surface area (TPSA) is 67.6 Å². The van der Waals surface area contributed by atoms with Crippen LogP contribution in [0.2, 0.25) is 0 Å². The van der Waals surface area contributed by atoms with Gasteiger partial charge in [-0.25, -0.2) is 4.98 Å². The molecule has 60 valence electrons. The third-order valence-electron chi connectivity index (χ3n) is 2.35. The first-order valence-corrected chi connectivity index (χ1v) is 3.99. The maximum absolute atomic E-state index is 5.88. The van der Waals surface area contributed by atoms with E-state index in [4.69, 9.17) is 5.73 Å². The van der Waals surface area contributed by atoms with Gasteiger partial charge in [0.05, 0.1) is 0 Å². The largest absolute Gasteiger partial charge is 0.327 e. The zero-order valence-electron chi connectivity index (χ0n) is 6.33. The number of nitrogens with zero attached hydrogens (tertiary/aromatic N) is 2. The first kappa shape index (κ1) is 6.79. The number of nitrogens with one attached hydrogen (secondary N) is 1. The molecule has 0 amide bonds. The fraction of sp³-hybridized carbons (Fsp3) is 0.714. The van der Waals surface area contributed by atoms with Crippen molar-refractivity contribution in [3.63, 3.8) is 0 Å². The van der Waals surface area contributed by atoms with Gasteiger partial charge in [-0.1, -0.05) is 6.42 Å². The van der Waals surface area contributed by atoms with E-state index in [1.165, 1.54) is 6.42 Å². The Labute approximate surface area is 65.2 Å². The number of aromatic nitrogens is 3. The first-order chi connectivity index (χ1) is 5.38. The lowest BCUT2D eigenvalue weighted by Crippen LogP contribution is -2.23. The van der Waals surface area contributed by atoms with Gasteiger partial charge in [-0.15, -0.1) is 0 Å². The number of hydrogen-bond acceptors (Lipinski definition) is 3. The SMILES string of the molecule is N[C@@H]1CCC[C@@H]1c1ncn[nH]1. The molecular weight excluding hydrogens is 140 g/mol. The predicted octanol–water partition coefficient (Wildman–Crippen LogP) is 0.399. The van der Waals surface area contributed by atoms with Crippen molar-refractivity contribution in [2.24, 2.45) is 5.73 Å². The Kier molecular flexibility index (Phi) is 1.62. The monoisotopic (exact) mass is 152 g/mol. The van der Waals surface area contributed by atoms with Crippen LogP contribution < -0.4 is 5.73 Å². The van der Waals surface area contributed by atoms with Crippen molar-refractivity contribution in [1.82, 2.24) is 15.2 Å². The van der Waals surface area contributed by atoms with Crippen molar-refractivity contribution in [2.45, 2.75) is 31.2 Å². The molecule has 1 heterocycles. The second kappa shape index (κ2) is 2.62. The van der Waals surface area contributed by atoms with Crippen molar-refractivity contribution in [3.05, 3.63) is 12.2 Å². The average molecular weight is 152 g/mol. The summed E-state index contributed by atoms with van der Waals surface area (Å²) >= 11 is 0. The number of rotatable bonds is 1. The van der Waals surface area contributed by atoms with Gasteiger partial charge in [0.15, 0.2) is 0 Å². The Morgan fingerprint density at radius 1 is 1.55 bits per heavy atom. The normalized spacial score (nSPS) is 31.0. The van der Waals surface area contributed by atoms with E-state index in [0.717, 1.165) is 18.7 Å². The minimum atomic E-state index is 0.281. The molecule has 1 aliphatic rings. The van der Waals surface area contributed by atoms with Gasteiger partial charge in [-0.05, 0) is 12.8 Å². The highest BCUT2D eigenvalue weighted by atomic mass is 15.2. The zero-order chi connectivity index (χ0) is 7.68. The second-order valence-corrected chi connectivity index (χ2v) is 3.07. The fourth-order valence-electron chi connectivity index (χ4n) is 1.72. The summed E-state index contributed by atoms with van der Waals surface area (Å²) in [6.45, 7) is 0. The van der Waals surface area contributed by atoms with E-state index in [1.54, 1.807) is 6.33 Å². The molecule has 0 unspecified atom stereocenters. The van der Waals surface area contributed by atoms with E-state index >= 15 is 0 Å². The van der Waals surface area contributed by atoms with Gasteiger partial charge < -0.3 is 5.73 Å². The van der Waals surface area contributed by atoms with E-state index in [9.17, 15) is 0 Å². The van der Waals surface area contributed by atoms with E-state index in [1.807, 2.05) is 0 Å². The molecule has 11 heavy (non-hydrogen) atoms. The maximum atomic E-state index is 5.88. The number of nitrogens with two attached hydrogens (primary N) is 1. The van der Waals surface area contributed by atoms with Gasteiger partial charge in [-0.2, -0.15) is 5.10 Å². The molecule has 0 aromatic carbocycles. The summed E-state index contributed by atoms with van der Waals surface area (Å²) in [4.78, 5) is 4.10. The molecule has 1 aromatic heterocycles. The van der Waals surface area contributed by atoms with Gasteiger partial charge in [0, 0.05) is 12.0 Å². The molecule has 2 rings (SSSR count). The van der Waals surface area contributed by atoms with Gasteiger partial charge in [-0.3, -0.25) is 5.10 Å². The van der Waals surface area contributed by atoms with Crippen LogP contribution in [-0.4, -0.2) is 21.2 Å². The Morgan fingerprint density at radius 3 is 3.00 bits per heavy atom.